The molecule has 0 spiro atoms. The molecule has 2 aliphatic rings. The Bertz CT molecular complexity index is 746. The second kappa shape index (κ2) is 9.10. The van der Waals surface area contributed by atoms with Crippen LogP contribution in [0.4, 0.5) is 4.79 Å². The maximum atomic E-state index is 12.5. The Morgan fingerprint density at radius 1 is 1.15 bits per heavy atom. The van der Waals surface area contributed by atoms with E-state index in [4.69, 9.17) is 4.74 Å². The first-order valence-electron chi connectivity index (χ1n) is 10.1. The highest BCUT2D eigenvalue weighted by Gasteiger charge is 2.34. The van der Waals surface area contributed by atoms with Gasteiger partial charge in [0.2, 0.25) is 0 Å². The van der Waals surface area contributed by atoms with Crippen LogP contribution in [0.25, 0.3) is 0 Å². The third-order valence-corrected chi connectivity index (χ3v) is 5.39. The number of cyclic esters (lactones) is 1. The van der Waals surface area contributed by atoms with Crippen LogP contribution in [-0.4, -0.2) is 23.6 Å². The summed E-state index contributed by atoms with van der Waals surface area (Å²) in [7, 11) is 0. The second-order valence-corrected chi connectivity index (χ2v) is 8.01. The molecule has 1 amide bonds. The number of allylic oxidation sites excluding steroid dienone is 1. The fourth-order valence-corrected chi connectivity index (χ4v) is 4.08. The lowest BCUT2D eigenvalue weighted by Gasteiger charge is -2.22. The van der Waals surface area contributed by atoms with E-state index in [2.05, 4.69) is 32.6 Å². The van der Waals surface area contributed by atoms with Gasteiger partial charge in [-0.3, -0.25) is 4.90 Å². The van der Waals surface area contributed by atoms with E-state index in [0.717, 1.165) is 22.3 Å². The predicted molar refractivity (Wildman–Crippen MR) is 109 cm³/mol. The summed E-state index contributed by atoms with van der Waals surface area (Å²) in [6, 6.07) is 10.1. The summed E-state index contributed by atoms with van der Waals surface area (Å²) in [6.45, 7) is 7.41. The SMILES string of the molecule is CC(C)=C=C(C)/C(=C/C1CCCCC1)C1CN(Cc2ccccc2)C(=O)O1. The van der Waals surface area contributed by atoms with E-state index < -0.39 is 0 Å². The molecule has 0 bridgehead atoms. The molecule has 1 unspecified atom stereocenters. The van der Waals surface area contributed by atoms with Gasteiger partial charge in [0.1, 0.15) is 6.10 Å². The maximum absolute atomic E-state index is 12.5. The molecule has 0 aromatic heterocycles. The van der Waals surface area contributed by atoms with Crippen LogP contribution in [0.15, 0.2) is 58.9 Å². The number of carbonyl (C=O) groups excluding carboxylic acids is 1. The fraction of sp³-hybridized carbons (Fsp3) is 0.500. The molecule has 27 heavy (non-hydrogen) atoms. The number of hydrogen-bond donors (Lipinski definition) is 0. The summed E-state index contributed by atoms with van der Waals surface area (Å²) >= 11 is 0. The van der Waals surface area contributed by atoms with Gasteiger partial charge in [0.25, 0.3) is 0 Å². The summed E-state index contributed by atoms with van der Waals surface area (Å²) in [5, 5.41) is 0. The molecule has 1 aliphatic carbocycles. The van der Waals surface area contributed by atoms with Crippen LogP contribution in [-0.2, 0) is 11.3 Å². The molecule has 3 rings (SSSR count). The molecule has 1 aromatic rings. The zero-order valence-electron chi connectivity index (χ0n) is 16.8. The number of benzene rings is 1. The van der Waals surface area contributed by atoms with E-state index in [1.807, 2.05) is 35.2 Å². The van der Waals surface area contributed by atoms with E-state index in [1.54, 1.807) is 0 Å². The van der Waals surface area contributed by atoms with Crippen molar-refractivity contribution in [3.05, 3.63) is 64.4 Å². The van der Waals surface area contributed by atoms with Crippen LogP contribution < -0.4 is 0 Å². The van der Waals surface area contributed by atoms with Crippen molar-refractivity contribution in [3.8, 4) is 0 Å². The molecule has 1 saturated heterocycles. The summed E-state index contributed by atoms with van der Waals surface area (Å²) in [6.07, 6.45) is 8.35. The largest absolute Gasteiger partial charge is 0.439 e. The van der Waals surface area contributed by atoms with E-state index >= 15 is 0 Å². The van der Waals surface area contributed by atoms with Gasteiger partial charge in [0.15, 0.2) is 0 Å². The number of nitrogens with zero attached hydrogens (tertiary/aromatic N) is 1. The van der Waals surface area contributed by atoms with Gasteiger partial charge in [0.05, 0.1) is 6.54 Å². The molecule has 2 fully saturated rings. The normalized spacial score (nSPS) is 21.0. The van der Waals surface area contributed by atoms with Gasteiger partial charge < -0.3 is 4.74 Å². The minimum absolute atomic E-state index is 0.199. The Hall–Kier alpha value is -2.25. The van der Waals surface area contributed by atoms with Gasteiger partial charge in [-0.1, -0.05) is 55.7 Å². The highest BCUT2D eigenvalue weighted by molar-refractivity contribution is 5.71. The van der Waals surface area contributed by atoms with Crippen molar-refractivity contribution in [1.29, 1.82) is 0 Å². The Labute approximate surface area is 163 Å². The molecule has 1 heterocycles. The topological polar surface area (TPSA) is 29.5 Å². The highest BCUT2D eigenvalue weighted by atomic mass is 16.6. The number of rotatable bonds is 5. The number of amides is 1. The minimum atomic E-state index is -0.219. The van der Waals surface area contributed by atoms with Gasteiger partial charge in [-0.15, -0.1) is 5.73 Å². The lowest BCUT2D eigenvalue weighted by molar-refractivity contribution is 0.142. The first-order valence-corrected chi connectivity index (χ1v) is 10.1. The lowest BCUT2D eigenvalue weighted by Crippen LogP contribution is -2.25. The number of hydrogen-bond acceptors (Lipinski definition) is 2. The van der Waals surface area contributed by atoms with Crippen LogP contribution in [0.2, 0.25) is 0 Å². The summed E-state index contributed by atoms with van der Waals surface area (Å²) < 4.78 is 5.80. The smallest absolute Gasteiger partial charge is 0.410 e. The van der Waals surface area contributed by atoms with Gasteiger partial charge in [-0.2, -0.15) is 0 Å². The Morgan fingerprint density at radius 2 is 1.85 bits per heavy atom. The van der Waals surface area contributed by atoms with Crippen LogP contribution in [0.5, 0.6) is 0 Å². The molecule has 1 aliphatic heterocycles. The number of ether oxygens (including phenoxy) is 1. The monoisotopic (exact) mass is 365 g/mol. The third-order valence-electron chi connectivity index (χ3n) is 5.39. The van der Waals surface area contributed by atoms with Crippen molar-refractivity contribution in [2.75, 3.05) is 6.54 Å². The van der Waals surface area contributed by atoms with Crippen molar-refractivity contribution in [3.63, 3.8) is 0 Å². The van der Waals surface area contributed by atoms with Crippen LogP contribution in [0.3, 0.4) is 0 Å². The van der Waals surface area contributed by atoms with Crippen molar-refractivity contribution in [2.45, 2.75) is 65.5 Å². The summed E-state index contributed by atoms with van der Waals surface area (Å²) in [4.78, 5) is 14.3. The quantitative estimate of drug-likeness (QED) is 0.471. The van der Waals surface area contributed by atoms with Gasteiger partial charge in [-0.05, 0) is 56.2 Å². The zero-order chi connectivity index (χ0) is 19.2. The first-order chi connectivity index (χ1) is 13.0. The van der Waals surface area contributed by atoms with Gasteiger partial charge in [-0.25, -0.2) is 4.79 Å². The van der Waals surface area contributed by atoms with Crippen LogP contribution >= 0.6 is 0 Å². The van der Waals surface area contributed by atoms with Crippen molar-refractivity contribution in [1.82, 2.24) is 4.90 Å². The van der Waals surface area contributed by atoms with Crippen molar-refractivity contribution < 1.29 is 9.53 Å². The molecule has 1 saturated carbocycles. The molecular formula is C24H31NO2. The fourth-order valence-electron chi connectivity index (χ4n) is 4.08. The van der Waals surface area contributed by atoms with E-state index in [-0.39, 0.29) is 12.2 Å². The van der Waals surface area contributed by atoms with Gasteiger partial charge >= 0.3 is 6.09 Å². The summed E-state index contributed by atoms with van der Waals surface area (Å²) in [5.41, 5.74) is 7.96. The Balaban J connectivity index is 1.81. The molecule has 0 N–H and O–H groups in total. The van der Waals surface area contributed by atoms with E-state index in [9.17, 15) is 4.79 Å². The molecule has 3 nitrogen and oxygen atoms in total. The minimum Gasteiger partial charge on any atom is -0.439 e. The molecular weight excluding hydrogens is 334 g/mol. The second-order valence-electron chi connectivity index (χ2n) is 8.01. The average Bonchev–Trinajstić information content (AvgIpc) is 3.01. The first kappa shape index (κ1) is 19.5. The standard InChI is InChI=1S/C24H31NO2/c1-18(2)14-19(3)22(15-20-10-6-4-7-11-20)23-17-25(24(26)27-23)16-21-12-8-5-9-13-21/h5,8-9,12-13,15,20,23H,4,6-7,10-11,16-17H2,1-3H3/b22-15-. The molecule has 3 heteroatoms. The average molecular weight is 366 g/mol. The maximum Gasteiger partial charge on any atom is 0.410 e. The van der Waals surface area contributed by atoms with E-state index in [0.29, 0.717) is 19.0 Å². The molecule has 1 atom stereocenters. The van der Waals surface area contributed by atoms with Crippen molar-refractivity contribution in [2.24, 2.45) is 5.92 Å². The summed E-state index contributed by atoms with van der Waals surface area (Å²) in [5.74, 6) is 0.588. The van der Waals surface area contributed by atoms with Crippen molar-refractivity contribution >= 4 is 6.09 Å². The van der Waals surface area contributed by atoms with Gasteiger partial charge in [0, 0.05) is 12.1 Å². The zero-order valence-corrected chi connectivity index (χ0v) is 16.8. The molecule has 1 aromatic carbocycles. The lowest BCUT2D eigenvalue weighted by atomic mass is 9.86. The molecule has 144 valence electrons. The highest BCUT2D eigenvalue weighted by Crippen LogP contribution is 2.31. The van der Waals surface area contributed by atoms with Crippen LogP contribution in [0, 0.1) is 5.92 Å². The van der Waals surface area contributed by atoms with Crippen LogP contribution in [0.1, 0.15) is 58.4 Å². The Kier molecular flexibility index (Phi) is 6.58. The predicted octanol–water partition coefficient (Wildman–Crippen LogP) is 6.03. The number of carbonyl (C=O) groups is 1. The Morgan fingerprint density at radius 3 is 2.52 bits per heavy atom. The third kappa shape index (κ3) is 5.37. The molecule has 0 radical (unpaired) electrons. The van der Waals surface area contributed by atoms with E-state index in [1.165, 1.54) is 32.1 Å².